The highest BCUT2D eigenvalue weighted by Gasteiger charge is 2.25. The van der Waals surface area contributed by atoms with E-state index in [1.807, 2.05) is 17.4 Å². The fourth-order valence-corrected chi connectivity index (χ4v) is 6.83. The highest BCUT2D eigenvalue weighted by atomic mass is 35.5. The summed E-state index contributed by atoms with van der Waals surface area (Å²) < 4.78 is 7.49. The molecular formula is C29H19ClOS. The number of rotatable bonds is 1. The smallest absolute Gasteiger partial charge is 0.136 e. The first-order valence-corrected chi connectivity index (χ1v) is 12.1. The number of fused-ring (bicyclic) bond motifs is 7. The van der Waals surface area contributed by atoms with E-state index in [0.29, 0.717) is 5.92 Å². The van der Waals surface area contributed by atoms with Crippen molar-refractivity contribution in [2.75, 3.05) is 0 Å². The summed E-state index contributed by atoms with van der Waals surface area (Å²) in [5, 5.41) is 6.93. The molecule has 1 unspecified atom stereocenters. The lowest BCUT2D eigenvalue weighted by molar-refractivity contribution is 0.669. The minimum atomic E-state index is 0.508. The average Bonchev–Trinajstić information content (AvgIpc) is 3.35. The molecule has 0 bridgehead atoms. The summed E-state index contributed by atoms with van der Waals surface area (Å²) in [6.07, 6.45) is 3.45. The first-order valence-electron chi connectivity index (χ1n) is 10.9. The molecule has 0 saturated heterocycles. The van der Waals surface area contributed by atoms with Gasteiger partial charge in [-0.2, -0.15) is 0 Å². The van der Waals surface area contributed by atoms with E-state index in [1.54, 1.807) is 0 Å². The van der Waals surface area contributed by atoms with Crippen LogP contribution in [-0.2, 0) is 0 Å². The number of hydrogen-bond acceptors (Lipinski definition) is 2. The first kappa shape index (κ1) is 18.5. The van der Waals surface area contributed by atoms with Gasteiger partial charge in [-0.1, -0.05) is 61.0 Å². The van der Waals surface area contributed by atoms with E-state index in [2.05, 4.69) is 79.7 Å². The Bertz CT molecular complexity index is 1730. The molecule has 1 nitrogen and oxygen atoms in total. The Labute approximate surface area is 194 Å². The number of allylic oxidation sites excluding steroid dienone is 1. The maximum Gasteiger partial charge on any atom is 0.136 e. The highest BCUT2D eigenvalue weighted by molar-refractivity contribution is 7.20. The fourth-order valence-electron chi connectivity index (χ4n) is 5.16. The van der Waals surface area contributed by atoms with Gasteiger partial charge in [0, 0.05) is 25.4 Å². The van der Waals surface area contributed by atoms with E-state index in [9.17, 15) is 0 Å². The zero-order valence-electron chi connectivity index (χ0n) is 17.5. The maximum absolute atomic E-state index is 6.30. The van der Waals surface area contributed by atoms with Gasteiger partial charge in [0.2, 0.25) is 0 Å². The van der Waals surface area contributed by atoms with Crippen molar-refractivity contribution in [1.29, 1.82) is 0 Å². The molecule has 7 rings (SSSR count). The van der Waals surface area contributed by atoms with Crippen LogP contribution in [0.1, 0.15) is 35.3 Å². The molecule has 1 aliphatic carbocycles. The van der Waals surface area contributed by atoms with Crippen LogP contribution >= 0.6 is 22.9 Å². The molecule has 32 heavy (non-hydrogen) atoms. The number of halogens is 1. The molecule has 1 atom stereocenters. The van der Waals surface area contributed by atoms with Gasteiger partial charge in [0.1, 0.15) is 11.2 Å². The Hall–Kier alpha value is -3.07. The van der Waals surface area contributed by atoms with Crippen LogP contribution in [0.4, 0.5) is 0 Å². The highest BCUT2D eigenvalue weighted by Crippen LogP contribution is 2.47. The monoisotopic (exact) mass is 450 g/mol. The Morgan fingerprint density at radius 1 is 0.844 bits per heavy atom. The molecule has 0 aliphatic heterocycles. The van der Waals surface area contributed by atoms with Gasteiger partial charge in [0.15, 0.2) is 0 Å². The molecular weight excluding hydrogens is 432 g/mol. The number of hydrogen-bond donors (Lipinski definition) is 0. The molecule has 6 aromatic rings. The fraction of sp³-hybridized carbons (Fsp3) is 0.103. The second-order valence-corrected chi connectivity index (χ2v) is 10.2. The third-order valence-electron chi connectivity index (χ3n) is 6.75. The van der Waals surface area contributed by atoms with Crippen molar-refractivity contribution >= 4 is 71.3 Å². The van der Waals surface area contributed by atoms with Crippen LogP contribution < -0.4 is 0 Å². The lowest BCUT2D eigenvalue weighted by Gasteiger charge is -2.20. The van der Waals surface area contributed by atoms with Crippen molar-refractivity contribution in [2.24, 2.45) is 0 Å². The third kappa shape index (κ3) is 2.63. The normalized spacial score (nSPS) is 16.2. The van der Waals surface area contributed by atoms with Crippen LogP contribution in [0.15, 0.2) is 83.3 Å². The molecule has 0 N–H and O–H groups in total. The Morgan fingerprint density at radius 2 is 1.66 bits per heavy atom. The topological polar surface area (TPSA) is 13.1 Å². The first-order chi connectivity index (χ1) is 15.7. The SMILES string of the molecule is CC1CC=C(c2ccc3oc4cc5ccccc5cc4c3c2)c2sc3cc(Cl)ccc3c21. The Balaban J connectivity index is 1.46. The maximum atomic E-state index is 6.30. The molecule has 0 fully saturated rings. The molecule has 0 amide bonds. The molecule has 2 heterocycles. The third-order valence-corrected chi connectivity index (χ3v) is 8.19. The van der Waals surface area contributed by atoms with Crippen molar-refractivity contribution in [1.82, 2.24) is 0 Å². The number of benzene rings is 4. The Kier molecular flexibility index (Phi) is 3.88. The van der Waals surface area contributed by atoms with Crippen LogP contribution in [0, 0.1) is 0 Å². The quantitative estimate of drug-likeness (QED) is 0.243. The molecule has 0 spiro atoms. The standard InChI is InChI=1S/C29H19ClOS/c1-16-6-9-21(29-28(16)22-10-8-20(30)15-27(22)32-29)19-7-11-25-23(13-19)24-12-17-4-2-3-5-18(17)14-26(24)31-25/h2-5,7-16H,6H2,1H3. The van der Waals surface area contributed by atoms with E-state index >= 15 is 0 Å². The van der Waals surface area contributed by atoms with Gasteiger partial charge in [0.05, 0.1) is 0 Å². The summed E-state index contributed by atoms with van der Waals surface area (Å²) in [7, 11) is 0. The lowest BCUT2D eigenvalue weighted by atomic mass is 9.85. The van der Waals surface area contributed by atoms with E-state index in [-0.39, 0.29) is 0 Å². The minimum Gasteiger partial charge on any atom is -0.456 e. The van der Waals surface area contributed by atoms with Gasteiger partial charge >= 0.3 is 0 Å². The summed E-state index contributed by atoms with van der Waals surface area (Å²) in [6.45, 7) is 2.32. The van der Waals surface area contributed by atoms with Crippen molar-refractivity contribution in [3.05, 3.63) is 99.9 Å². The molecule has 3 heteroatoms. The molecule has 0 saturated carbocycles. The lowest BCUT2D eigenvalue weighted by Crippen LogP contribution is -2.02. The van der Waals surface area contributed by atoms with Gasteiger partial charge < -0.3 is 4.42 Å². The average molecular weight is 451 g/mol. The Morgan fingerprint density at radius 3 is 2.53 bits per heavy atom. The number of furan rings is 1. The molecule has 0 radical (unpaired) electrons. The zero-order chi connectivity index (χ0) is 21.4. The van der Waals surface area contributed by atoms with Crippen molar-refractivity contribution in [3.63, 3.8) is 0 Å². The van der Waals surface area contributed by atoms with Crippen LogP contribution in [0.3, 0.4) is 0 Å². The second-order valence-electron chi connectivity index (χ2n) is 8.75. The summed E-state index contributed by atoms with van der Waals surface area (Å²) in [5.41, 5.74) is 5.92. The summed E-state index contributed by atoms with van der Waals surface area (Å²) in [5.74, 6) is 0.508. The van der Waals surface area contributed by atoms with Crippen molar-refractivity contribution in [2.45, 2.75) is 19.3 Å². The predicted octanol–water partition coefficient (Wildman–Crippen LogP) is 9.55. The number of thiophene rings is 1. The van der Waals surface area contributed by atoms with Crippen molar-refractivity contribution in [3.8, 4) is 0 Å². The second kappa shape index (κ2) is 6.71. The molecule has 2 aromatic heterocycles. The van der Waals surface area contributed by atoms with Crippen LogP contribution in [0.2, 0.25) is 5.02 Å². The van der Waals surface area contributed by atoms with E-state index in [1.165, 1.54) is 53.2 Å². The van der Waals surface area contributed by atoms with Gasteiger partial charge in [0.25, 0.3) is 0 Å². The summed E-state index contributed by atoms with van der Waals surface area (Å²) in [6, 6.07) is 25.8. The van der Waals surface area contributed by atoms with Gasteiger partial charge in [-0.25, -0.2) is 0 Å². The summed E-state index contributed by atoms with van der Waals surface area (Å²) in [4.78, 5) is 1.37. The molecule has 4 aromatic carbocycles. The zero-order valence-corrected chi connectivity index (χ0v) is 19.1. The van der Waals surface area contributed by atoms with Crippen LogP contribution in [0.25, 0.3) is 48.4 Å². The largest absolute Gasteiger partial charge is 0.456 e. The molecule has 1 aliphatic rings. The summed E-state index contributed by atoms with van der Waals surface area (Å²) >= 11 is 8.16. The van der Waals surface area contributed by atoms with E-state index in [4.69, 9.17) is 16.0 Å². The van der Waals surface area contributed by atoms with Gasteiger partial charge in [-0.15, -0.1) is 11.3 Å². The van der Waals surface area contributed by atoms with E-state index < -0.39 is 0 Å². The predicted molar refractivity (Wildman–Crippen MR) is 138 cm³/mol. The van der Waals surface area contributed by atoms with Gasteiger partial charge in [-0.05, 0) is 81.6 Å². The van der Waals surface area contributed by atoms with Crippen LogP contribution in [0.5, 0.6) is 0 Å². The minimum absolute atomic E-state index is 0.508. The van der Waals surface area contributed by atoms with Crippen LogP contribution in [-0.4, -0.2) is 0 Å². The van der Waals surface area contributed by atoms with E-state index in [0.717, 1.165) is 22.6 Å². The van der Waals surface area contributed by atoms with Crippen molar-refractivity contribution < 1.29 is 4.42 Å². The van der Waals surface area contributed by atoms with Gasteiger partial charge in [-0.3, -0.25) is 0 Å². The molecule has 154 valence electrons.